The van der Waals surface area contributed by atoms with E-state index in [1.165, 1.54) is 54.3 Å². The molecular formula is C38H26S2. The van der Waals surface area contributed by atoms with E-state index in [9.17, 15) is 0 Å². The number of rotatable bonds is 5. The lowest BCUT2D eigenvalue weighted by Crippen LogP contribution is -2.44. The van der Waals surface area contributed by atoms with Gasteiger partial charge in [0.15, 0.2) is 0 Å². The molecule has 0 spiro atoms. The molecule has 190 valence electrons. The summed E-state index contributed by atoms with van der Waals surface area (Å²) in [4.78, 5) is 2.54. The van der Waals surface area contributed by atoms with Crippen LogP contribution in [0.25, 0.3) is 22.3 Å². The van der Waals surface area contributed by atoms with Crippen LogP contribution < -0.4 is 0 Å². The van der Waals surface area contributed by atoms with Crippen LogP contribution in [0, 0.1) is 0 Å². The molecule has 0 heterocycles. The third-order valence-corrected chi connectivity index (χ3v) is 11.6. The summed E-state index contributed by atoms with van der Waals surface area (Å²) >= 11 is 4.01. The number of hydrogen-bond donors (Lipinski definition) is 0. The van der Waals surface area contributed by atoms with Gasteiger partial charge in [0.1, 0.15) is 0 Å². The smallest absolute Gasteiger partial charge is 0.0948 e. The highest BCUT2D eigenvalue weighted by Gasteiger charge is 2.63. The maximum absolute atomic E-state index is 2.38. The Morgan fingerprint density at radius 1 is 0.275 bits per heavy atom. The Labute approximate surface area is 244 Å². The van der Waals surface area contributed by atoms with Crippen molar-refractivity contribution in [2.75, 3.05) is 0 Å². The summed E-state index contributed by atoms with van der Waals surface area (Å²) in [6.45, 7) is 0. The molecule has 6 aromatic carbocycles. The molecule has 2 aliphatic carbocycles. The summed E-state index contributed by atoms with van der Waals surface area (Å²) < 4.78 is -0.879. The summed E-state index contributed by atoms with van der Waals surface area (Å²) in [6, 6.07) is 58.3. The summed E-state index contributed by atoms with van der Waals surface area (Å²) in [6.07, 6.45) is 0. The number of hydrogen-bond acceptors (Lipinski definition) is 2. The Morgan fingerprint density at radius 2 is 0.525 bits per heavy atom. The van der Waals surface area contributed by atoms with Crippen LogP contribution in [0.2, 0.25) is 0 Å². The highest BCUT2D eigenvalue weighted by Crippen LogP contribution is 2.74. The molecule has 40 heavy (non-hydrogen) atoms. The number of thioether (sulfide) groups is 2. The van der Waals surface area contributed by atoms with Gasteiger partial charge in [0.25, 0.3) is 0 Å². The van der Waals surface area contributed by atoms with E-state index < -0.39 is 9.49 Å². The molecule has 0 aromatic heterocycles. The van der Waals surface area contributed by atoms with Crippen LogP contribution in [0.4, 0.5) is 0 Å². The Morgan fingerprint density at radius 3 is 0.825 bits per heavy atom. The lowest BCUT2D eigenvalue weighted by atomic mass is 9.76. The molecule has 8 rings (SSSR count). The SMILES string of the molecule is c1ccc(SC2(C3(Sc4ccccc4)c4ccccc4-c4ccccc43)c3ccccc3-c3ccccc32)cc1. The first-order valence-electron chi connectivity index (χ1n) is 13.7. The lowest BCUT2D eigenvalue weighted by molar-refractivity contribution is 0.608. The largest absolute Gasteiger partial charge is 0.107 e. The van der Waals surface area contributed by atoms with E-state index in [0.717, 1.165) is 0 Å². The fourth-order valence-corrected chi connectivity index (χ4v) is 10.3. The van der Waals surface area contributed by atoms with Gasteiger partial charge in [-0.2, -0.15) is 0 Å². The van der Waals surface area contributed by atoms with Gasteiger partial charge >= 0.3 is 0 Å². The average Bonchev–Trinajstić information content (AvgIpc) is 3.47. The molecule has 0 fully saturated rings. The first-order valence-corrected chi connectivity index (χ1v) is 15.3. The van der Waals surface area contributed by atoms with Gasteiger partial charge in [0.05, 0.1) is 9.49 Å². The Balaban J connectivity index is 1.57. The molecule has 0 atom stereocenters. The van der Waals surface area contributed by atoms with Crippen LogP contribution in [-0.4, -0.2) is 0 Å². The van der Waals surface area contributed by atoms with Crippen LogP contribution in [0.15, 0.2) is 168 Å². The molecule has 0 saturated heterocycles. The van der Waals surface area contributed by atoms with Crippen molar-refractivity contribution in [2.45, 2.75) is 19.3 Å². The maximum Gasteiger partial charge on any atom is 0.0948 e. The van der Waals surface area contributed by atoms with Crippen molar-refractivity contribution in [1.82, 2.24) is 0 Å². The van der Waals surface area contributed by atoms with E-state index in [2.05, 4.69) is 158 Å². The van der Waals surface area contributed by atoms with Gasteiger partial charge in [0, 0.05) is 9.79 Å². The second-order valence-corrected chi connectivity index (χ2v) is 13.0. The first-order chi connectivity index (χ1) is 19.8. The predicted octanol–water partition coefficient (Wildman–Crippen LogP) is 10.4. The third kappa shape index (κ3) is 3.24. The van der Waals surface area contributed by atoms with Gasteiger partial charge in [-0.25, -0.2) is 0 Å². The summed E-state index contributed by atoms with van der Waals surface area (Å²) in [5.74, 6) is 0. The van der Waals surface area contributed by atoms with Crippen molar-refractivity contribution < 1.29 is 0 Å². The van der Waals surface area contributed by atoms with Crippen molar-refractivity contribution in [2.24, 2.45) is 0 Å². The molecule has 0 bridgehead atoms. The maximum atomic E-state index is 2.38. The van der Waals surface area contributed by atoms with Crippen LogP contribution in [0.1, 0.15) is 22.3 Å². The number of fused-ring (bicyclic) bond motifs is 6. The summed E-state index contributed by atoms with van der Waals surface area (Å²) in [7, 11) is 0. The fraction of sp³-hybridized carbons (Fsp3) is 0.0526. The van der Waals surface area contributed by atoms with E-state index in [1.807, 2.05) is 23.5 Å². The van der Waals surface area contributed by atoms with E-state index >= 15 is 0 Å². The van der Waals surface area contributed by atoms with E-state index in [0.29, 0.717) is 0 Å². The molecule has 0 unspecified atom stereocenters. The first kappa shape index (κ1) is 23.9. The second kappa shape index (κ2) is 9.30. The van der Waals surface area contributed by atoms with E-state index in [4.69, 9.17) is 0 Å². The normalized spacial score (nSPS) is 15.1. The van der Waals surface area contributed by atoms with Crippen LogP contribution in [0.3, 0.4) is 0 Å². The summed E-state index contributed by atoms with van der Waals surface area (Å²) in [5, 5.41) is 0. The van der Waals surface area contributed by atoms with Gasteiger partial charge in [-0.05, 0) is 68.8 Å². The molecular weight excluding hydrogens is 521 g/mol. The topological polar surface area (TPSA) is 0 Å². The minimum Gasteiger partial charge on any atom is -0.107 e. The quantitative estimate of drug-likeness (QED) is 0.211. The van der Waals surface area contributed by atoms with Gasteiger partial charge in [-0.15, -0.1) is 23.5 Å². The van der Waals surface area contributed by atoms with Crippen molar-refractivity contribution in [3.05, 3.63) is 180 Å². The second-order valence-electron chi connectivity index (χ2n) is 10.4. The summed E-state index contributed by atoms with van der Waals surface area (Å²) in [5.41, 5.74) is 10.8. The Bertz CT molecular complexity index is 1630. The third-order valence-electron chi connectivity index (χ3n) is 8.33. The van der Waals surface area contributed by atoms with Gasteiger partial charge in [-0.3, -0.25) is 0 Å². The van der Waals surface area contributed by atoms with Crippen LogP contribution >= 0.6 is 23.5 Å². The zero-order valence-corrected chi connectivity index (χ0v) is 23.5. The molecule has 0 amide bonds. The van der Waals surface area contributed by atoms with Crippen molar-refractivity contribution >= 4 is 23.5 Å². The Hall–Kier alpha value is -3.98. The van der Waals surface area contributed by atoms with Crippen molar-refractivity contribution in [3.63, 3.8) is 0 Å². The fourth-order valence-electron chi connectivity index (χ4n) is 6.84. The van der Waals surface area contributed by atoms with Gasteiger partial charge in [0.2, 0.25) is 0 Å². The zero-order valence-electron chi connectivity index (χ0n) is 21.8. The highest BCUT2D eigenvalue weighted by molar-refractivity contribution is 8.04. The van der Waals surface area contributed by atoms with E-state index in [-0.39, 0.29) is 0 Å². The molecule has 0 saturated carbocycles. The molecule has 2 aliphatic rings. The van der Waals surface area contributed by atoms with Crippen molar-refractivity contribution in [3.8, 4) is 22.3 Å². The predicted molar refractivity (Wildman–Crippen MR) is 170 cm³/mol. The minimum absolute atomic E-state index is 0.440. The molecule has 0 N–H and O–H groups in total. The molecule has 0 aliphatic heterocycles. The molecule has 6 aromatic rings. The minimum atomic E-state index is -0.440. The van der Waals surface area contributed by atoms with Crippen LogP contribution in [-0.2, 0) is 9.49 Å². The van der Waals surface area contributed by atoms with Gasteiger partial charge < -0.3 is 0 Å². The van der Waals surface area contributed by atoms with Crippen molar-refractivity contribution in [1.29, 1.82) is 0 Å². The zero-order chi connectivity index (χ0) is 26.6. The highest BCUT2D eigenvalue weighted by atomic mass is 32.2. The Kier molecular flexibility index (Phi) is 5.55. The standard InChI is InChI=1S/C38H26S2/c1-3-15-27(16-4-1)39-37(33-23-11-7-19-29(33)30-20-8-12-24-34(30)37)38(40-28-17-5-2-6-18-28)35-25-13-9-21-31(35)32-22-10-14-26-36(32)38/h1-26H. The molecule has 0 nitrogen and oxygen atoms in total. The van der Waals surface area contributed by atoms with Crippen LogP contribution in [0.5, 0.6) is 0 Å². The molecule has 2 heteroatoms. The average molecular weight is 547 g/mol. The monoisotopic (exact) mass is 546 g/mol. The lowest BCUT2D eigenvalue weighted by Gasteiger charge is -2.48. The molecule has 0 radical (unpaired) electrons. The van der Waals surface area contributed by atoms with E-state index in [1.54, 1.807) is 0 Å². The van der Waals surface area contributed by atoms with Gasteiger partial charge in [-0.1, -0.05) is 133 Å². The number of benzene rings is 6.